The second-order valence-electron chi connectivity index (χ2n) is 7.42. The van der Waals surface area contributed by atoms with E-state index in [2.05, 4.69) is 30.5 Å². The van der Waals surface area contributed by atoms with Crippen molar-refractivity contribution in [2.24, 2.45) is 11.3 Å². The van der Waals surface area contributed by atoms with Crippen LogP contribution in [0.15, 0.2) is 10.5 Å². The van der Waals surface area contributed by atoms with Crippen LogP contribution in [0.25, 0.3) is 0 Å². The Balaban J connectivity index is 1.62. The van der Waals surface area contributed by atoms with Crippen molar-refractivity contribution in [3.05, 3.63) is 23.2 Å². The molecule has 1 fully saturated rings. The molecule has 3 rings (SSSR count). The Hall–Kier alpha value is -1.49. The molecule has 2 heterocycles. The third-order valence-electron chi connectivity index (χ3n) is 4.62. The van der Waals surface area contributed by atoms with Gasteiger partial charge >= 0.3 is 6.03 Å². The van der Waals surface area contributed by atoms with Gasteiger partial charge in [-0.3, -0.25) is 0 Å². The van der Waals surface area contributed by atoms with Crippen LogP contribution in [0.5, 0.6) is 0 Å². The van der Waals surface area contributed by atoms with Gasteiger partial charge in [0.15, 0.2) is 0 Å². The quantitative estimate of drug-likeness (QED) is 0.902. The first-order chi connectivity index (χ1) is 10.4. The van der Waals surface area contributed by atoms with Gasteiger partial charge in [-0.1, -0.05) is 13.8 Å². The predicted molar refractivity (Wildman–Crippen MR) is 83.7 cm³/mol. The number of carbonyl (C=O) groups excluding carboxylic acids is 1. The van der Waals surface area contributed by atoms with Crippen LogP contribution in [0.1, 0.15) is 49.8 Å². The summed E-state index contributed by atoms with van der Waals surface area (Å²) in [7, 11) is 0. The van der Waals surface area contributed by atoms with E-state index in [9.17, 15) is 4.79 Å². The van der Waals surface area contributed by atoms with E-state index < -0.39 is 0 Å². The molecule has 1 aliphatic heterocycles. The molecular formula is C17H26N2O3. The molecule has 2 aliphatic rings. The van der Waals surface area contributed by atoms with Crippen LogP contribution in [-0.2, 0) is 11.2 Å². The summed E-state index contributed by atoms with van der Waals surface area (Å²) in [6.07, 6.45) is 2.89. The topological polar surface area (TPSA) is 63.5 Å². The average molecular weight is 306 g/mol. The zero-order valence-electron chi connectivity index (χ0n) is 13.7. The van der Waals surface area contributed by atoms with Crippen molar-refractivity contribution >= 4 is 6.03 Å². The highest BCUT2D eigenvalue weighted by Crippen LogP contribution is 2.41. The van der Waals surface area contributed by atoms with Gasteiger partial charge in [0, 0.05) is 31.1 Å². The number of amides is 2. The monoisotopic (exact) mass is 306 g/mol. The van der Waals surface area contributed by atoms with Gasteiger partial charge in [-0.2, -0.15) is 0 Å². The van der Waals surface area contributed by atoms with Crippen molar-refractivity contribution in [1.29, 1.82) is 0 Å². The Kier molecular flexibility index (Phi) is 4.17. The molecule has 0 radical (unpaired) electrons. The van der Waals surface area contributed by atoms with Gasteiger partial charge in [-0.25, -0.2) is 4.79 Å². The Morgan fingerprint density at radius 3 is 3.00 bits per heavy atom. The molecule has 2 amide bonds. The molecule has 5 heteroatoms. The lowest BCUT2D eigenvalue weighted by atomic mass is 9.75. The van der Waals surface area contributed by atoms with Gasteiger partial charge in [-0.05, 0) is 31.2 Å². The summed E-state index contributed by atoms with van der Waals surface area (Å²) < 4.78 is 11.1. The van der Waals surface area contributed by atoms with Crippen LogP contribution in [0, 0.1) is 18.3 Å². The first kappa shape index (κ1) is 15.4. The second kappa shape index (κ2) is 5.95. The van der Waals surface area contributed by atoms with Crippen molar-refractivity contribution < 1.29 is 13.9 Å². The number of hydrogen-bond acceptors (Lipinski definition) is 3. The Labute approximate surface area is 131 Å². The maximum absolute atomic E-state index is 12.2. The highest BCUT2D eigenvalue weighted by Gasteiger charge is 2.35. The van der Waals surface area contributed by atoms with Crippen molar-refractivity contribution in [2.45, 2.75) is 46.1 Å². The summed E-state index contributed by atoms with van der Waals surface area (Å²) >= 11 is 0. The molecule has 0 aromatic carbocycles. The highest BCUT2D eigenvalue weighted by atomic mass is 16.5. The van der Waals surface area contributed by atoms with Crippen molar-refractivity contribution in [3.8, 4) is 0 Å². The zero-order valence-corrected chi connectivity index (χ0v) is 13.7. The fraction of sp³-hybridized carbons (Fsp3) is 0.706. The molecule has 1 aliphatic carbocycles. The summed E-state index contributed by atoms with van der Waals surface area (Å²) in [5, 5.41) is 6.09. The molecule has 2 N–H and O–H groups in total. The lowest BCUT2D eigenvalue weighted by Gasteiger charge is -2.34. The van der Waals surface area contributed by atoms with Crippen molar-refractivity contribution in [3.63, 3.8) is 0 Å². The normalized spacial score (nSPS) is 26.5. The number of urea groups is 1. The highest BCUT2D eigenvalue weighted by molar-refractivity contribution is 5.74. The van der Waals surface area contributed by atoms with Gasteiger partial charge in [0.05, 0.1) is 12.6 Å². The molecule has 0 unspecified atom stereocenters. The van der Waals surface area contributed by atoms with E-state index in [0.717, 1.165) is 49.6 Å². The van der Waals surface area contributed by atoms with Crippen LogP contribution in [0.2, 0.25) is 0 Å². The third kappa shape index (κ3) is 3.46. The molecule has 0 spiro atoms. The van der Waals surface area contributed by atoms with E-state index in [-0.39, 0.29) is 17.5 Å². The van der Waals surface area contributed by atoms with E-state index in [1.165, 1.54) is 0 Å². The number of furan rings is 1. The molecule has 2 atom stereocenters. The maximum Gasteiger partial charge on any atom is 0.315 e. The van der Waals surface area contributed by atoms with E-state index >= 15 is 0 Å². The largest absolute Gasteiger partial charge is 0.466 e. The molecule has 122 valence electrons. The fourth-order valence-corrected chi connectivity index (χ4v) is 3.50. The smallest absolute Gasteiger partial charge is 0.315 e. The van der Waals surface area contributed by atoms with E-state index in [1.54, 1.807) is 0 Å². The summed E-state index contributed by atoms with van der Waals surface area (Å²) in [6, 6.07) is 1.98. The standard InChI is InChI=1S/C17H26N2O3/c1-11-6-13-14(7-17(2,3)8-15(13)22-11)19-16(20)18-9-12-4-5-21-10-12/h6,12,14H,4-5,7-10H2,1-3H3,(H2,18,19,20)/t12-,14+/m1/s1. The Bertz CT molecular complexity index is 544. The van der Waals surface area contributed by atoms with Crippen LogP contribution in [0.3, 0.4) is 0 Å². The number of carbonyl (C=O) groups is 1. The first-order valence-electron chi connectivity index (χ1n) is 8.14. The Morgan fingerprint density at radius 1 is 1.45 bits per heavy atom. The number of fused-ring (bicyclic) bond motifs is 1. The van der Waals surface area contributed by atoms with Gasteiger partial charge in [0.2, 0.25) is 0 Å². The molecule has 1 aromatic rings. The number of hydrogen-bond donors (Lipinski definition) is 2. The molecule has 1 saturated heterocycles. The molecule has 0 saturated carbocycles. The van der Waals surface area contributed by atoms with Gasteiger partial charge in [0.25, 0.3) is 0 Å². The van der Waals surface area contributed by atoms with Gasteiger partial charge < -0.3 is 19.8 Å². The number of ether oxygens (including phenoxy) is 1. The second-order valence-corrected chi connectivity index (χ2v) is 7.42. The SMILES string of the molecule is Cc1cc2c(o1)CC(C)(C)C[C@@H]2NC(=O)NC[C@H]1CCOC1. The van der Waals surface area contributed by atoms with Gasteiger partial charge in [0.1, 0.15) is 11.5 Å². The van der Waals surface area contributed by atoms with Crippen molar-refractivity contribution in [1.82, 2.24) is 10.6 Å². The molecule has 1 aromatic heterocycles. The minimum Gasteiger partial charge on any atom is -0.466 e. The Morgan fingerprint density at radius 2 is 2.27 bits per heavy atom. The summed E-state index contributed by atoms with van der Waals surface area (Å²) in [5.41, 5.74) is 1.27. The molecule has 0 bridgehead atoms. The average Bonchev–Trinajstić information content (AvgIpc) is 3.04. The van der Waals surface area contributed by atoms with Crippen molar-refractivity contribution in [2.75, 3.05) is 19.8 Å². The first-order valence-corrected chi connectivity index (χ1v) is 8.14. The summed E-state index contributed by atoms with van der Waals surface area (Å²) in [6.45, 7) is 8.64. The van der Waals surface area contributed by atoms with E-state index in [1.807, 2.05) is 6.92 Å². The van der Waals surface area contributed by atoms with Crippen LogP contribution < -0.4 is 10.6 Å². The van der Waals surface area contributed by atoms with E-state index in [0.29, 0.717) is 12.5 Å². The summed E-state index contributed by atoms with van der Waals surface area (Å²) in [4.78, 5) is 12.2. The number of nitrogens with one attached hydrogen (secondary N) is 2. The third-order valence-corrected chi connectivity index (χ3v) is 4.62. The van der Waals surface area contributed by atoms with Gasteiger partial charge in [-0.15, -0.1) is 0 Å². The fourth-order valence-electron chi connectivity index (χ4n) is 3.50. The van der Waals surface area contributed by atoms with E-state index in [4.69, 9.17) is 9.15 Å². The van der Waals surface area contributed by atoms with Crippen LogP contribution in [0.4, 0.5) is 4.79 Å². The number of aryl methyl sites for hydroxylation is 1. The molecule has 5 nitrogen and oxygen atoms in total. The lowest BCUT2D eigenvalue weighted by Crippen LogP contribution is -2.43. The number of rotatable bonds is 3. The molecular weight excluding hydrogens is 280 g/mol. The molecule has 22 heavy (non-hydrogen) atoms. The summed E-state index contributed by atoms with van der Waals surface area (Å²) in [5.74, 6) is 2.38. The lowest BCUT2D eigenvalue weighted by molar-refractivity contribution is 0.184. The minimum atomic E-state index is -0.0978. The predicted octanol–water partition coefficient (Wildman–Crippen LogP) is 2.94. The maximum atomic E-state index is 12.2. The van der Waals surface area contributed by atoms with Crippen LogP contribution in [-0.4, -0.2) is 25.8 Å². The zero-order chi connectivity index (χ0) is 15.7. The van der Waals surface area contributed by atoms with Crippen LogP contribution >= 0.6 is 0 Å². The minimum absolute atomic E-state index is 0.0241.